The fraction of sp³-hybridized carbons (Fsp3) is 0. The Kier molecular flexibility index (Phi) is 16.2. The van der Waals surface area contributed by atoms with Crippen molar-refractivity contribution in [2.75, 3.05) is 0 Å². The van der Waals surface area contributed by atoms with Crippen LogP contribution >= 0.6 is 0 Å². The highest BCUT2D eigenvalue weighted by Crippen LogP contribution is 2.46. The maximum atomic E-state index is 2.45. The lowest BCUT2D eigenvalue weighted by Crippen LogP contribution is -1.95. The summed E-state index contributed by atoms with van der Waals surface area (Å²) >= 11 is 0. The molecule has 0 radical (unpaired) electrons. The van der Waals surface area contributed by atoms with Crippen LogP contribution in [0.2, 0.25) is 0 Å². The summed E-state index contributed by atoms with van der Waals surface area (Å²) in [4.78, 5) is 0. The summed E-state index contributed by atoms with van der Waals surface area (Å²) < 4.78 is 9.76. The molecule has 22 aromatic rings. The van der Waals surface area contributed by atoms with Crippen LogP contribution in [0, 0.1) is 0 Å². The van der Waals surface area contributed by atoms with Crippen LogP contribution in [0.25, 0.3) is 199 Å². The van der Waals surface area contributed by atoms with Crippen molar-refractivity contribution >= 4 is 87.2 Å². The summed E-state index contributed by atoms with van der Waals surface area (Å²) in [6.45, 7) is 0. The number of rotatable bonds is 12. The van der Waals surface area contributed by atoms with Gasteiger partial charge in [-0.05, 0) is 198 Å². The van der Waals surface area contributed by atoms with Gasteiger partial charge in [-0.1, -0.05) is 328 Å². The third kappa shape index (κ3) is 11.5. The summed E-state index contributed by atoms with van der Waals surface area (Å²) in [5.74, 6) is 0. The van der Waals surface area contributed by atoms with E-state index in [2.05, 4.69) is 455 Å². The molecule has 524 valence electrons. The van der Waals surface area contributed by atoms with E-state index in [9.17, 15) is 0 Å². The molecular weight excluding hydrogens is 1350 g/mol. The van der Waals surface area contributed by atoms with Crippen LogP contribution < -0.4 is 0 Å². The Morgan fingerprint density at radius 2 is 0.366 bits per heavy atom. The Hall–Kier alpha value is -14.8. The maximum absolute atomic E-state index is 2.45. The lowest BCUT2D eigenvalue weighted by molar-refractivity contribution is 1.18. The Balaban J connectivity index is 0.000000141. The smallest absolute Gasteiger partial charge is 0.0547 e. The normalized spacial score (nSPS) is 11.6. The summed E-state index contributed by atoms with van der Waals surface area (Å²) in [7, 11) is 0. The Morgan fingerprint density at radius 3 is 0.759 bits per heavy atom. The number of aromatic nitrogens is 4. The molecule has 4 heteroatoms. The lowest BCUT2D eigenvalue weighted by atomic mass is 9.96. The second kappa shape index (κ2) is 27.7. The highest BCUT2D eigenvalue weighted by molar-refractivity contribution is 6.20. The van der Waals surface area contributed by atoms with Gasteiger partial charge in [-0.25, -0.2) is 0 Å². The minimum Gasteiger partial charge on any atom is -0.309 e. The molecule has 22 rings (SSSR count). The lowest BCUT2D eigenvalue weighted by Gasteiger charge is -2.12. The van der Waals surface area contributed by atoms with Crippen molar-refractivity contribution < 1.29 is 0 Å². The molecule has 0 spiro atoms. The summed E-state index contributed by atoms with van der Waals surface area (Å²) in [5.41, 5.74) is 33.4. The first-order valence-electron chi connectivity index (χ1n) is 38.5. The molecule has 112 heavy (non-hydrogen) atoms. The van der Waals surface area contributed by atoms with Crippen molar-refractivity contribution in [3.63, 3.8) is 0 Å². The van der Waals surface area contributed by atoms with Gasteiger partial charge >= 0.3 is 0 Å². The minimum atomic E-state index is 1.14. The fourth-order valence-corrected chi connectivity index (χ4v) is 17.5. The number of hydrogen-bond donors (Lipinski definition) is 0. The molecule has 0 amide bonds. The number of fused-ring (bicyclic) bond motifs is 12. The second-order valence-corrected chi connectivity index (χ2v) is 29.1. The van der Waals surface area contributed by atoms with Crippen molar-refractivity contribution in [2.45, 2.75) is 0 Å². The molecule has 0 bridgehead atoms. The summed E-state index contributed by atoms with van der Waals surface area (Å²) in [6.07, 6.45) is 0. The first-order valence-corrected chi connectivity index (χ1v) is 38.5. The van der Waals surface area contributed by atoms with Crippen molar-refractivity contribution in [3.8, 4) is 112 Å². The van der Waals surface area contributed by atoms with E-state index >= 15 is 0 Å². The van der Waals surface area contributed by atoms with Gasteiger partial charge in [-0.2, -0.15) is 0 Å². The molecule has 4 nitrogen and oxygen atoms in total. The zero-order valence-corrected chi connectivity index (χ0v) is 61.4. The van der Waals surface area contributed by atoms with Crippen molar-refractivity contribution in [3.05, 3.63) is 437 Å². The number of benzene rings is 18. The van der Waals surface area contributed by atoms with Crippen LogP contribution in [-0.4, -0.2) is 18.3 Å². The van der Waals surface area contributed by atoms with Crippen molar-refractivity contribution in [2.24, 2.45) is 0 Å². The molecular formula is C108H72N4. The zero-order valence-electron chi connectivity index (χ0n) is 61.4. The van der Waals surface area contributed by atoms with Crippen LogP contribution in [0.15, 0.2) is 437 Å². The van der Waals surface area contributed by atoms with Crippen molar-refractivity contribution in [1.29, 1.82) is 0 Å². The summed E-state index contributed by atoms with van der Waals surface area (Å²) in [6, 6.07) is 159. The molecule has 4 heterocycles. The van der Waals surface area contributed by atoms with Crippen molar-refractivity contribution in [1.82, 2.24) is 18.3 Å². The zero-order chi connectivity index (χ0) is 74.0. The number of nitrogens with zero attached hydrogens (tertiary/aromatic N) is 4. The van der Waals surface area contributed by atoms with E-state index in [-0.39, 0.29) is 0 Å². The van der Waals surface area contributed by atoms with Gasteiger partial charge in [0.1, 0.15) is 0 Å². The van der Waals surface area contributed by atoms with Gasteiger partial charge < -0.3 is 18.3 Å². The Labute approximate surface area is 649 Å². The van der Waals surface area contributed by atoms with E-state index in [0.29, 0.717) is 0 Å². The fourth-order valence-electron chi connectivity index (χ4n) is 17.5. The number of para-hydroxylation sites is 2. The molecule has 0 atom stereocenters. The van der Waals surface area contributed by atoms with Gasteiger partial charge in [0.25, 0.3) is 0 Å². The van der Waals surface area contributed by atoms with E-state index in [1.807, 2.05) is 0 Å². The Bertz CT molecular complexity index is 7330. The van der Waals surface area contributed by atoms with Gasteiger partial charge in [0.05, 0.1) is 44.1 Å². The van der Waals surface area contributed by atoms with Gasteiger partial charge in [0, 0.05) is 65.8 Å². The Morgan fingerprint density at radius 1 is 0.116 bits per heavy atom. The summed E-state index contributed by atoms with van der Waals surface area (Å²) in [5, 5.41) is 9.95. The number of hydrogen-bond acceptors (Lipinski definition) is 0. The molecule has 0 saturated carbocycles. The van der Waals surface area contributed by atoms with Crippen LogP contribution in [0.3, 0.4) is 0 Å². The first-order chi connectivity index (χ1) is 55.6. The average Bonchev–Trinajstić information content (AvgIpc) is 1.59. The first kappa shape index (κ1) is 65.5. The standard InChI is InChI=1S/2C54H36N2/c1-4-15-37(16-5-1)40-21-12-23-44(33-40)55-50-27-11-10-25-48(50)54-46(26-14-28-52(54)55)43-29-31-47-49-35-42(39-19-8-3-9-20-39)30-32-51(49)56(53(47)36-43)45-24-13-22-41(34-45)38-17-6-2-7-18-38;1-4-15-37(16-5-1)40-21-12-23-44(33-40)55-51-32-30-42(39-19-8-3-9-20-39)35-49(51)54-46(26-14-28-52(54)55)43-29-31-48-47-25-10-11-27-50(47)56(53(48)36-43)45-24-13-22-41(34-45)38-17-6-2-7-18-38/h2*1-36H. The largest absolute Gasteiger partial charge is 0.309 e. The van der Waals surface area contributed by atoms with Crippen LogP contribution in [0.4, 0.5) is 0 Å². The van der Waals surface area contributed by atoms with E-state index in [4.69, 9.17) is 0 Å². The monoisotopic (exact) mass is 1420 g/mol. The highest BCUT2D eigenvalue weighted by Gasteiger charge is 2.23. The molecule has 18 aromatic carbocycles. The van der Waals surface area contributed by atoms with Crippen LogP contribution in [-0.2, 0) is 0 Å². The van der Waals surface area contributed by atoms with Gasteiger partial charge in [-0.3, -0.25) is 0 Å². The van der Waals surface area contributed by atoms with E-state index in [0.717, 1.165) is 22.7 Å². The van der Waals surface area contributed by atoms with Crippen LogP contribution in [0.1, 0.15) is 0 Å². The highest BCUT2D eigenvalue weighted by atomic mass is 15.0. The molecule has 0 saturated heterocycles. The third-order valence-electron chi connectivity index (χ3n) is 22.6. The molecule has 0 aliphatic heterocycles. The molecule has 0 aliphatic rings. The quantitative estimate of drug-likeness (QED) is 0.116. The molecule has 0 unspecified atom stereocenters. The topological polar surface area (TPSA) is 19.7 Å². The second-order valence-electron chi connectivity index (χ2n) is 29.1. The third-order valence-corrected chi connectivity index (χ3v) is 22.6. The molecule has 0 fully saturated rings. The van der Waals surface area contributed by atoms with E-state index < -0.39 is 0 Å². The molecule has 0 N–H and O–H groups in total. The maximum Gasteiger partial charge on any atom is 0.0547 e. The minimum absolute atomic E-state index is 1.14. The van der Waals surface area contributed by atoms with Gasteiger partial charge in [-0.15, -0.1) is 0 Å². The SMILES string of the molecule is c1ccc(-c2cccc(-n3c4ccc(-c5ccccc5)cc4c4ccc(-c5cccc6c5c5ccccc5n6-c5cccc(-c6ccccc6)c5)cc43)c2)cc1.c1ccc(-c2cccc(-n3c4ccccc4c4ccc(-c5cccc6c5c5cc(-c7ccccc7)ccc5n6-c5cccc(-c6ccccc6)c5)cc43)c2)cc1. The van der Waals surface area contributed by atoms with Crippen LogP contribution in [0.5, 0.6) is 0 Å². The van der Waals surface area contributed by atoms with Gasteiger partial charge in [0.2, 0.25) is 0 Å². The predicted molar refractivity (Wildman–Crippen MR) is 474 cm³/mol. The van der Waals surface area contributed by atoms with Gasteiger partial charge in [0.15, 0.2) is 0 Å². The van der Waals surface area contributed by atoms with E-state index in [1.54, 1.807) is 0 Å². The van der Waals surface area contributed by atoms with E-state index in [1.165, 1.54) is 176 Å². The average molecular weight is 1430 g/mol. The molecule has 4 aromatic heterocycles. The molecule has 0 aliphatic carbocycles. The predicted octanol–water partition coefficient (Wildman–Crippen LogP) is 29.1.